The highest BCUT2D eigenvalue weighted by molar-refractivity contribution is 5.74. The first-order valence-electron chi connectivity index (χ1n) is 6.69. The molecule has 0 N–H and O–H groups in total. The molecule has 0 amide bonds. The summed E-state index contributed by atoms with van der Waals surface area (Å²) >= 11 is 0. The van der Waals surface area contributed by atoms with Crippen molar-refractivity contribution in [2.45, 2.75) is 59.4 Å². The Morgan fingerprint density at radius 3 is 2.50 bits per heavy atom. The molecule has 0 spiro atoms. The second-order valence-corrected chi connectivity index (χ2v) is 4.63. The van der Waals surface area contributed by atoms with E-state index in [9.17, 15) is 4.79 Å². The van der Waals surface area contributed by atoms with Crippen LogP contribution < -0.4 is 0 Å². The Hall–Kier alpha value is -1.32. The summed E-state index contributed by atoms with van der Waals surface area (Å²) in [7, 11) is 1.44. The third kappa shape index (κ3) is 2.92. The summed E-state index contributed by atoms with van der Waals surface area (Å²) in [6, 6.07) is -0.283. The van der Waals surface area contributed by atoms with Gasteiger partial charge >= 0.3 is 5.97 Å². The number of unbranched alkanes of at least 4 members (excludes halogenated alkanes) is 1. The summed E-state index contributed by atoms with van der Waals surface area (Å²) in [6.45, 7) is 8.25. The number of hydrogen-bond acceptors (Lipinski definition) is 3. The standard InChI is InChI=1S/C14H24N2O2/c1-6-8-9-13(14(17)18-5)16-11(4)12(7-2)10(3)15-16/h13H,6-9H2,1-5H3. The maximum absolute atomic E-state index is 11.9. The Morgan fingerprint density at radius 1 is 1.39 bits per heavy atom. The molecule has 0 radical (unpaired) electrons. The van der Waals surface area contributed by atoms with Crippen molar-refractivity contribution >= 4 is 5.97 Å². The highest BCUT2D eigenvalue weighted by Crippen LogP contribution is 2.22. The molecule has 0 saturated carbocycles. The fourth-order valence-electron chi connectivity index (χ4n) is 2.39. The van der Waals surface area contributed by atoms with Gasteiger partial charge < -0.3 is 4.74 Å². The Kier molecular flexibility index (Phi) is 5.38. The van der Waals surface area contributed by atoms with E-state index in [1.807, 2.05) is 18.5 Å². The van der Waals surface area contributed by atoms with Crippen LogP contribution in [-0.2, 0) is 16.0 Å². The van der Waals surface area contributed by atoms with Crippen LogP contribution in [-0.4, -0.2) is 22.9 Å². The molecule has 1 aromatic heterocycles. The van der Waals surface area contributed by atoms with E-state index in [4.69, 9.17) is 4.74 Å². The minimum atomic E-state index is -0.283. The number of aryl methyl sites for hydroxylation is 1. The van der Waals surface area contributed by atoms with Crippen LogP contribution in [0.3, 0.4) is 0 Å². The van der Waals surface area contributed by atoms with Gasteiger partial charge in [0.05, 0.1) is 12.8 Å². The van der Waals surface area contributed by atoms with Crippen molar-refractivity contribution in [3.05, 3.63) is 17.0 Å². The molecule has 1 aromatic rings. The van der Waals surface area contributed by atoms with E-state index >= 15 is 0 Å². The quantitative estimate of drug-likeness (QED) is 0.731. The van der Waals surface area contributed by atoms with Crippen molar-refractivity contribution in [3.8, 4) is 0 Å². The molecule has 102 valence electrons. The van der Waals surface area contributed by atoms with Crippen LogP contribution in [0.4, 0.5) is 0 Å². The lowest BCUT2D eigenvalue weighted by atomic mass is 10.1. The number of ether oxygens (including phenoxy) is 1. The number of rotatable bonds is 6. The average Bonchev–Trinajstić information content (AvgIpc) is 2.64. The van der Waals surface area contributed by atoms with Gasteiger partial charge in [0.2, 0.25) is 0 Å². The van der Waals surface area contributed by atoms with Gasteiger partial charge in [-0.25, -0.2) is 4.79 Å². The number of aromatic nitrogens is 2. The zero-order valence-corrected chi connectivity index (χ0v) is 12.1. The van der Waals surface area contributed by atoms with Crippen LogP contribution in [0.1, 0.15) is 56.1 Å². The predicted molar refractivity (Wildman–Crippen MR) is 71.7 cm³/mol. The molecule has 0 aliphatic heterocycles. The molecular formula is C14H24N2O2. The molecule has 1 atom stereocenters. The smallest absolute Gasteiger partial charge is 0.330 e. The lowest BCUT2D eigenvalue weighted by molar-refractivity contribution is -0.145. The normalized spacial score (nSPS) is 12.5. The minimum absolute atomic E-state index is 0.197. The second kappa shape index (κ2) is 6.57. The highest BCUT2D eigenvalue weighted by atomic mass is 16.5. The lowest BCUT2D eigenvalue weighted by Crippen LogP contribution is -2.23. The third-order valence-corrected chi connectivity index (χ3v) is 3.43. The maximum Gasteiger partial charge on any atom is 0.330 e. The number of esters is 1. The van der Waals surface area contributed by atoms with Gasteiger partial charge in [-0.2, -0.15) is 5.10 Å². The van der Waals surface area contributed by atoms with Gasteiger partial charge in [-0.15, -0.1) is 0 Å². The van der Waals surface area contributed by atoms with Crippen molar-refractivity contribution < 1.29 is 9.53 Å². The fraction of sp³-hybridized carbons (Fsp3) is 0.714. The molecule has 0 aliphatic carbocycles. The molecule has 0 aromatic carbocycles. The molecule has 0 saturated heterocycles. The van der Waals surface area contributed by atoms with Crippen LogP contribution in [0.5, 0.6) is 0 Å². The van der Waals surface area contributed by atoms with E-state index in [0.717, 1.165) is 37.1 Å². The molecule has 0 fully saturated rings. The zero-order valence-electron chi connectivity index (χ0n) is 12.1. The maximum atomic E-state index is 11.9. The first-order chi connectivity index (χ1) is 8.56. The summed E-state index contributed by atoms with van der Waals surface area (Å²) in [4.78, 5) is 11.9. The largest absolute Gasteiger partial charge is 0.467 e. The summed E-state index contributed by atoms with van der Waals surface area (Å²) in [5.41, 5.74) is 3.34. The minimum Gasteiger partial charge on any atom is -0.467 e. The van der Waals surface area contributed by atoms with Crippen LogP contribution >= 0.6 is 0 Å². The van der Waals surface area contributed by atoms with Gasteiger partial charge in [0.1, 0.15) is 6.04 Å². The monoisotopic (exact) mass is 252 g/mol. The van der Waals surface area contributed by atoms with Crippen molar-refractivity contribution in [1.29, 1.82) is 0 Å². The first kappa shape index (κ1) is 14.7. The van der Waals surface area contributed by atoms with Gasteiger partial charge in [0, 0.05) is 5.69 Å². The van der Waals surface area contributed by atoms with Crippen molar-refractivity contribution in [1.82, 2.24) is 9.78 Å². The van der Waals surface area contributed by atoms with E-state index in [1.165, 1.54) is 12.7 Å². The Labute approximate surface area is 109 Å². The molecule has 0 bridgehead atoms. The Balaban J connectivity index is 3.08. The Morgan fingerprint density at radius 2 is 2.06 bits per heavy atom. The molecule has 1 heterocycles. The van der Waals surface area contributed by atoms with Crippen molar-refractivity contribution in [2.75, 3.05) is 7.11 Å². The lowest BCUT2D eigenvalue weighted by Gasteiger charge is -2.16. The highest BCUT2D eigenvalue weighted by Gasteiger charge is 2.24. The summed E-state index contributed by atoms with van der Waals surface area (Å²) in [6.07, 6.45) is 3.79. The molecule has 4 nitrogen and oxygen atoms in total. The third-order valence-electron chi connectivity index (χ3n) is 3.43. The summed E-state index contributed by atoms with van der Waals surface area (Å²) < 4.78 is 6.74. The molecule has 4 heteroatoms. The molecule has 1 unspecified atom stereocenters. The van der Waals surface area contributed by atoms with Gasteiger partial charge in [0.25, 0.3) is 0 Å². The second-order valence-electron chi connectivity index (χ2n) is 4.63. The van der Waals surface area contributed by atoms with Gasteiger partial charge in [0.15, 0.2) is 0 Å². The topological polar surface area (TPSA) is 44.1 Å². The van der Waals surface area contributed by atoms with Gasteiger partial charge in [-0.05, 0) is 32.3 Å². The number of methoxy groups -OCH3 is 1. The van der Waals surface area contributed by atoms with Crippen molar-refractivity contribution in [3.63, 3.8) is 0 Å². The van der Waals surface area contributed by atoms with Crippen LogP contribution in [0.15, 0.2) is 0 Å². The number of carbonyl (C=O) groups is 1. The van der Waals surface area contributed by atoms with E-state index < -0.39 is 0 Å². The summed E-state index contributed by atoms with van der Waals surface area (Å²) in [5.74, 6) is -0.197. The number of nitrogens with zero attached hydrogens (tertiary/aromatic N) is 2. The van der Waals surface area contributed by atoms with Gasteiger partial charge in [-0.3, -0.25) is 4.68 Å². The van der Waals surface area contributed by atoms with E-state index in [0.29, 0.717) is 0 Å². The van der Waals surface area contributed by atoms with E-state index in [2.05, 4.69) is 18.9 Å². The molecular weight excluding hydrogens is 228 g/mol. The molecule has 18 heavy (non-hydrogen) atoms. The first-order valence-corrected chi connectivity index (χ1v) is 6.69. The number of carbonyl (C=O) groups excluding carboxylic acids is 1. The van der Waals surface area contributed by atoms with Crippen LogP contribution in [0.2, 0.25) is 0 Å². The molecule has 1 rings (SSSR count). The van der Waals surface area contributed by atoms with Crippen LogP contribution in [0, 0.1) is 13.8 Å². The predicted octanol–water partition coefficient (Wildman–Crippen LogP) is 2.97. The van der Waals surface area contributed by atoms with Gasteiger partial charge in [-0.1, -0.05) is 26.7 Å². The summed E-state index contributed by atoms with van der Waals surface area (Å²) in [5, 5.41) is 4.52. The zero-order chi connectivity index (χ0) is 13.7. The average molecular weight is 252 g/mol. The number of hydrogen-bond donors (Lipinski definition) is 0. The van der Waals surface area contributed by atoms with Crippen molar-refractivity contribution in [2.24, 2.45) is 0 Å². The Bertz CT molecular complexity index is 410. The van der Waals surface area contributed by atoms with Crippen LogP contribution in [0.25, 0.3) is 0 Å². The SMILES string of the molecule is CCCCC(C(=O)OC)n1nc(C)c(CC)c1C. The van der Waals surface area contributed by atoms with E-state index in [-0.39, 0.29) is 12.0 Å². The molecule has 0 aliphatic rings. The fourth-order valence-corrected chi connectivity index (χ4v) is 2.39. The van der Waals surface area contributed by atoms with E-state index in [1.54, 1.807) is 0 Å².